The first kappa shape index (κ1) is 12.6. The molecule has 0 radical (unpaired) electrons. The predicted molar refractivity (Wildman–Crippen MR) is 70.7 cm³/mol. The van der Waals surface area contributed by atoms with Gasteiger partial charge in [-0.05, 0) is 18.2 Å². The molecule has 18 heavy (non-hydrogen) atoms. The Kier molecular flexibility index (Phi) is 3.66. The van der Waals surface area contributed by atoms with Gasteiger partial charge in [-0.25, -0.2) is 0 Å². The lowest BCUT2D eigenvalue weighted by molar-refractivity contribution is 0.413. The van der Waals surface area contributed by atoms with E-state index in [1.165, 1.54) is 0 Å². The van der Waals surface area contributed by atoms with Crippen LogP contribution in [0.5, 0.6) is 5.75 Å². The molecule has 5 nitrogen and oxygen atoms in total. The van der Waals surface area contributed by atoms with Gasteiger partial charge in [-0.2, -0.15) is 5.10 Å². The standard InChI is InChI=1S/C12H15N3O2S/c1-15-7-9(6-14-15)8-18(16)12-5-10(17-2)3-4-11(12)13/h3-7H,8,13H2,1-2H3. The fraction of sp³-hybridized carbons (Fsp3) is 0.250. The van der Waals surface area contributed by atoms with E-state index in [9.17, 15) is 4.21 Å². The molecule has 0 amide bonds. The lowest BCUT2D eigenvalue weighted by Crippen LogP contribution is -2.01. The topological polar surface area (TPSA) is 70.1 Å². The third-order valence-corrected chi connectivity index (χ3v) is 3.96. The highest BCUT2D eigenvalue weighted by Crippen LogP contribution is 2.24. The molecule has 2 rings (SSSR count). The third kappa shape index (κ3) is 2.70. The van der Waals surface area contributed by atoms with Crippen LogP contribution in [0, 0.1) is 0 Å². The molecule has 2 aromatic rings. The Hall–Kier alpha value is -1.82. The molecule has 0 aliphatic rings. The molecular weight excluding hydrogens is 250 g/mol. The molecule has 1 aromatic carbocycles. The van der Waals surface area contributed by atoms with Crippen LogP contribution in [0.15, 0.2) is 35.5 Å². The molecule has 2 N–H and O–H groups in total. The number of nitrogen functional groups attached to an aromatic ring is 1. The van der Waals surface area contributed by atoms with Crippen LogP contribution < -0.4 is 10.5 Å². The second-order valence-electron chi connectivity index (χ2n) is 3.92. The van der Waals surface area contributed by atoms with Crippen LogP contribution >= 0.6 is 0 Å². The van der Waals surface area contributed by atoms with E-state index >= 15 is 0 Å². The summed E-state index contributed by atoms with van der Waals surface area (Å²) in [6.45, 7) is 0. The summed E-state index contributed by atoms with van der Waals surface area (Å²) in [6.07, 6.45) is 3.54. The highest BCUT2D eigenvalue weighted by atomic mass is 32.2. The number of hydrogen-bond acceptors (Lipinski definition) is 4. The van der Waals surface area contributed by atoms with Gasteiger partial charge in [-0.1, -0.05) is 0 Å². The Morgan fingerprint density at radius 2 is 2.28 bits per heavy atom. The van der Waals surface area contributed by atoms with Gasteiger partial charge in [0.1, 0.15) is 5.75 Å². The minimum Gasteiger partial charge on any atom is -0.497 e. The number of aryl methyl sites for hydroxylation is 1. The molecule has 0 aliphatic heterocycles. The normalized spacial score (nSPS) is 12.3. The maximum Gasteiger partial charge on any atom is 0.120 e. The molecule has 1 heterocycles. The average Bonchev–Trinajstić information content (AvgIpc) is 2.75. The van der Waals surface area contributed by atoms with Crippen molar-refractivity contribution >= 4 is 16.5 Å². The minimum absolute atomic E-state index is 0.394. The third-order valence-electron chi connectivity index (χ3n) is 2.52. The summed E-state index contributed by atoms with van der Waals surface area (Å²) in [6, 6.07) is 5.16. The van der Waals surface area contributed by atoms with Crippen molar-refractivity contribution in [3.63, 3.8) is 0 Å². The quantitative estimate of drug-likeness (QED) is 0.846. The summed E-state index contributed by atoms with van der Waals surface area (Å²) < 4.78 is 19.0. The summed E-state index contributed by atoms with van der Waals surface area (Å²) >= 11 is 0. The summed E-state index contributed by atoms with van der Waals surface area (Å²) in [5.41, 5.74) is 7.26. The molecule has 0 fully saturated rings. The van der Waals surface area contributed by atoms with Gasteiger partial charge in [-0.15, -0.1) is 0 Å². The molecular formula is C12H15N3O2S. The van der Waals surface area contributed by atoms with Crippen molar-refractivity contribution in [3.05, 3.63) is 36.2 Å². The fourth-order valence-electron chi connectivity index (χ4n) is 1.61. The second-order valence-corrected chi connectivity index (χ2v) is 5.34. The van der Waals surface area contributed by atoms with Crippen molar-refractivity contribution in [3.8, 4) is 5.75 Å². The summed E-state index contributed by atoms with van der Waals surface area (Å²) in [5, 5.41) is 4.05. The van der Waals surface area contributed by atoms with Gasteiger partial charge in [0.2, 0.25) is 0 Å². The first-order valence-corrected chi connectivity index (χ1v) is 6.71. The SMILES string of the molecule is COc1ccc(N)c(S(=O)Cc2cnn(C)c2)c1. The van der Waals surface area contributed by atoms with E-state index in [4.69, 9.17) is 10.5 Å². The maximum atomic E-state index is 12.3. The van der Waals surface area contributed by atoms with E-state index in [0.717, 1.165) is 5.56 Å². The maximum absolute atomic E-state index is 12.3. The van der Waals surface area contributed by atoms with Gasteiger partial charge in [0.15, 0.2) is 0 Å². The molecule has 1 unspecified atom stereocenters. The lowest BCUT2D eigenvalue weighted by atomic mass is 10.3. The predicted octanol–water partition coefficient (Wildman–Crippen LogP) is 1.32. The molecule has 6 heteroatoms. The van der Waals surface area contributed by atoms with Gasteiger partial charge in [0.25, 0.3) is 0 Å². The highest BCUT2D eigenvalue weighted by Gasteiger charge is 2.11. The van der Waals surface area contributed by atoms with E-state index in [1.54, 1.807) is 36.2 Å². The van der Waals surface area contributed by atoms with Crippen LogP contribution in [0.3, 0.4) is 0 Å². The number of nitrogens with two attached hydrogens (primary N) is 1. The van der Waals surface area contributed by atoms with Gasteiger partial charge < -0.3 is 10.5 Å². The van der Waals surface area contributed by atoms with Crippen LogP contribution in [-0.4, -0.2) is 21.1 Å². The van der Waals surface area contributed by atoms with Crippen molar-refractivity contribution in [2.24, 2.45) is 7.05 Å². The summed E-state index contributed by atoms with van der Waals surface area (Å²) in [5.74, 6) is 1.05. The molecule has 1 atom stereocenters. The fourth-order valence-corrected chi connectivity index (χ4v) is 2.80. The Bertz CT molecular complexity index is 580. The average molecular weight is 265 g/mol. The molecule has 0 spiro atoms. The monoisotopic (exact) mass is 265 g/mol. The number of benzene rings is 1. The molecule has 0 saturated carbocycles. The van der Waals surface area contributed by atoms with Crippen molar-refractivity contribution < 1.29 is 8.95 Å². The molecule has 0 aliphatic carbocycles. The highest BCUT2D eigenvalue weighted by molar-refractivity contribution is 7.84. The zero-order valence-corrected chi connectivity index (χ0v) is 11.1. The van der Waals surface area contributed by atoms with Crippen LogP contribution in [0.4, 0.5) is 5.69 Å². The Balaban J connectivity index is 2.23. The second kappa shape index (κ2) is 5.22. The number of nitrogens with zero attached hydrogens (tertiary/aromatic N) is 2. The van der Waals surface area contributed by atoms with Crippen molar-refractivity contribution in [2.45, 2.75) is 10.6 Å². The first-order valence-electron chi connectivity index (χ1n) is 5.39. The summed E-state index contributed by atoms with van der Waals surface area (Å²) in [7, 11) is 2.19. The van der Waals surface area contributed by atoms with Crippen LogP contribution in [-0.2, 0) is 23.6 Å². The van der Waals surface area contributed by atoms with Crippen LogP contribution in [0.25, 0.3) is 0 Å². The van der Waals surface area contributed by atoms with E-state index < -0.39 is 10.8 Å². The minimum atomic E-state index is -1.20. The number of aromatic nitrogens is 2. The molecule has 0 saturated heterocycles. The van der Waals surface area contributed by atoms with Gasteiger partial charge in [0.05, 0.1) is 34.8 Å². The largest absolute Gasteiger partial charge is 0.497 e. The van der Waals surface area contributed by atoms with E-state index in [2.05, 4.69) is 5.10 Å². The molecule has 0 bridgehead atoms. The smallest absolute Gasteiger partial charge is 0.120 e. The van der Waals surface area contributed by atoms with Crippen molar-refractivity contribution in [2.75, 3.05) is 12.8 Å². The number of anilines is 1. The van der Waals surface area contributed by atoms with Gasteiger partial charge in [0, 0.05) is 24.5 Å². The van der Waals surface area contributed by atoms with Crippen LogP contribution in [0.2, 0.25) is 0 Å². The van der Waals surface area contributed by atoms with Gasteiger partial charge in [-0.3, -0.25) is 8.89 Å². The number of ether oxygens (including phenoxy) is 1. The number of rotatable bonds is 4. The van der Waals surface area contributed by atoms with Crippen molar-refractivity contribution in [1.82, 2.24) is 9.78 Å². The van der Waals surface area contributed by atoms with Crippen molar-refractivity contribution in [1.29, 1.82) is 0 Å². The summed E-state index contributed by atoms with van der Waals surface area (Å²) in [4.78, 5) is 0.596. The number of hydrogen-bond donors (Lipinski definition) is 1. The van der Waals surface area contributed by atoms with Gasteiger partial charge >= 0.3 is 0 Å². The lowest BCUT2D eigenvalue weighted by Gasteiger charge is -2.07. The Morgan fingerprint density at radius 1 is 1.50 bits per heavy atom. The molecule has 96 valence electrons. The Morgan fingerprint density at radius 3 is 2.89 bits per heavy atom. The zero-order chi connectivity index (χ0) is 13.1. The van der Waals surface area contributed by atoms with E-state index in [1.807, 2.05) is 13.2 Å². The zero-order valence-electron chi connectivity index (χ0n) is 10.3. The van der Waals surface area contributed by atoms with E-state index in [0.29, 0.717) is 22.1 Å². The molecule has 1 aromatic heterocycles. The van der Waals surface area contributed by atoms with E-state index in [-0.39, 0.29) is 0 Å². The number of methoxy groups -OCH3 is 1. The first-order chi connectivity index (χ1) is 8.60. The Labute approximate surface area is 108 Å². The van der Waals surface area contributed by atoms with Crippen LogP contribution in [0.1, 0.15) is 5.56 Å².